The van der Waals surface area contributed by atoms with E-state index in [1.54, 1.807) is 0 Å². The van der Waals surface area contributed by atoms with Crippen molar-refractivity contribution in [2.24, 2.45) is 0 Å². The van der Waals surface area contributed by atoms with Gasteiger partial charge in [-0.1, -0.05) is 6.92 Å². The largest absolute Gasteiger partial charge is 0.376 e. The van der Waals surface area contributed by atoms with Crippen LogP contribution in [0.15, 0.2) is 12.1 Å². The van der Waals surface area contributed by atoms with Gasteiger partial charge in [0.2, 0.25) is 0 Å². The molecule has 0 amide bonds. The number of hydrogen-bond donors (Lipinski definition) is 0. The summed E-state index contributed by atoms with van der Waals surface area (Å²) in [7, 11) is 0. The van der Waals surface area contributed by atoms with E-state index in [-0.39, 0.29) is 0 Å². The van der Waals surface area contributed by atoms with Crippen molar-refractivity contribution in [2.75, 3.05) is 24.6 Å². The van der Waals surface area contributed by atoms with E-state index in [1.807, 2.05) is 19.1 Å². The molecule has 4 heteroatoms. The van der Waals surface area contributed by atoms with Crippen LogP contribution < -0.4 is 4.90 Å². The summed E-state index contributed by atoms with van der Waals surface area (Å²) in [6.07, 6.45) is 3.58. The fourth-order valence-electron chi connectivity index (χ4n) is 2.44. The van der Waals surface area contributed by atoms with Crippen molar-refractivity contribution < 1.29 is 4.74 Å². The van der Waals surface area contributed by atoms with Gasteiger partial charge in [0.25, 0.3) is 0 Å². The monoisotopic (exact) mass is 259 g/mol. The zero-order valence-electron chi connectivity index (χ0n) is 11.7. The number of hydrogen-bond acceptors (Lipinski definition) is 4. The second-order valence-electron chi connectivity index (χ2n) is 5.05. The molecule has 1 aromatic heterocycles. The minimum absolute atomic E-state index is 0.293. The molecule has 4 nitrogen and oxygen atoms in total. The van der Waals surface area contributed by atoms with Gasteiger partial charge in [0, 0.05) is 25.4 Å². The molecule has 0 radical (unpaired) electrons. The Kier molecular flexibility index (Phi) is 4.75. The number of pyridine rings is 1. The number of ether oxygens (including phenoxy) is 1. The molecule has 1 aliphatic rings. The summed E-state index contributed by atoms with van der Waals surface area (Å²) >= 11 is 0. The summed E-state index contributed by atoms with van der Waals surface area (Å²) in [4.78, 5) is 6.77. The Balaban J connectivity index is 2.08. The Bertz CT molecular complexity index is 467. The summed E-state index contributed by atoms with van der Waals surface area (Å²) in [5, 5.41) is 9.03. The van der Waals surface area contributed by atoms with Gasteiger partial charge in [-0.25, -0.2) is 4.98 Å². The lowest BCUT2D eigenvalue weighted by Crippen LogP contribution is -2.40. The van der Waals surface area contributed by atoms with Crippen LogP contribution in [-0.2, 0) is 4.74 Å². The van der Waals surface area contributed by atoms with E-state index < -0.39 is 0 Å². The first-order chi connectivity index (χ1) is 9.22. The zero-order valence-corrected chi connectivity index (χ0v) is 11.7. The molecule has 2 heterocycles. The van der Waals surface area contributed by atoms with Gasteiger partial charge in [0.1, 0.15) is 5.82 Å². The van der Waals surface area contributed by atoms with E-state index in [1.165, 1.54) is 0 Å². The highest BCUT2D eigenvalue weighted by atomic mass is 16.5. The number of nitrogens with zero attached hydrogens (tertiary/aromatic N) is 3. The number of anilines is 1. The predicted molar refractivity (Wildman–Crippen MR) is 75.2 cm³/mol. The fourth-order valence-corrected chi connectivity index (χ4v) is 2.44. The summed E-state index contributed by atoms with van der Waals surface area (Å²) in [6, 6.07) is 5.88. The van der Waals surface area contributed by atoms with Gasteiger partial charge in [0.15, 0.2) is 0 Å². The Morgan fingerprint density at radius 1 is 1.53 bits per heavy atom. The van der Waals surface area contributed by atoms with Gasteiger partial charge in [-0.2, -0.15) is 5.26 Å². The van der Waals surface area contributed by atoms with E-state index in [0.717, 1.165) is 50.5 Å². The molecule has 0 N–H and O–H groups in total. The van der Waals surface area contributed by atoms with Gasteiger partial charge >= 0.3 is 0 Å². The van der Waals surface area contributed by atoms with Crippen LogP contribution in [0.2, 0.25) is 0 Å². The molecule has 1 aliphatic heterocycles. The molecule has 19 heavy (non-hydrogen) atoms. The third kappa shape index (κ3) is 3.68. The predicted octanol–water partition coefficient (Wildman–Crippen LogP) is 2.66. The summed E-state index contributed by atoms with van der Waals surface area (Å²) in [6.45, 7) is 6.75. The molecule has 2 rings (SSSR count). The molecule has 1 unspecified atom stereocenters. The standard InChI is InChI=1S/C15H21N3O/c1-3-7-19-14-5-4-6-18(11-14)15-9-13(10-16)8-12(2)17-15/h8-9,14H,3-7,11H2,1-2H3. The van der Waals surface area contributed by atoms with Crippen LogP contribution in [0.5, 0.6) is 0 Å². The molecule has 0 aromatic carbocycles. The van der Waals surface area contributed by atoms with Gasteiger partial charge in [0.05, 0.1) is 17.7 Å². The molecule has 0 bridgehead atoms. The highest BCUT2D eigenvalue weighted by molar-refractivity contribution is 5.47. The molecular weight excluding hydrogens is 238 g/mol. The molecule has 1 fully saturated rings. The second-order valence-corrected chi connectivity index (χ2v) is 5.05. The van der Waals surface area contributed by atoms with Gasteiger partial charge in [-0.05, 0) is 38.3 Å². The number of aromatic nitrogens is 1. The number of nitriles is 1. The van der Waals surface area contributed by atoms with Crippen LogP contribution in [0, 0.1) is 18.3 Å². The summed E-state index contributed by atoms with van der Waals surface area (Å²) < 4.78 is 5.84. The summed E-state index contributed by atoms with van der Waals surface area (Å²) in [5.74, 6) is 0.904. The summed E-state index contributed by atoms with van der Waals surface area (Å²) in [5.41, 5.74) is 1.57. The molecule has 0 saturated carbocycles. The van der Waals surface area contributed by atoms with Crippen molar-refractivity contribution in [1.82, 2.24) is 4.98 Å². The zero-order chi connectivity index (χ0) is 13.7. The molecule has 1 aromatic rings. The van der Waals surface area contributed by atoms with Crippen molar-refractivity contribution in [3.63, 3.8) is 0 Å². The minimum atomic E-state index is 0.293. The Hall–Kier alpha value is -1.60. The molecule has 1 saturated heterocycles. The Morgan fingerprint density at radius 2 is 2.37 bits per heavy atom. The van der Waals surface area contributed by atoms with Gasteiger partial charge in [-0.15, -0.1) is 0 Å². The molecule has 1 atom stereocenters. The lowest BCUT2D eigenvalue weighted by atomic mass is 10.1. The molecular formula is C15H21N3O. The number of piperidine rings is 1. The second kappa shape index (κ2) is 6.53. The Morgan fingerprint density at radius 3 is 3.11 bits per heavy atom. The van der Waals surface area contributed by atoms with E-state index in [9.17, 15) is 0 Å². The molecule has 0 aliphatic carbocycles. The lowest BCUT2D eigenvalue weighted by molar-refractivity contribution is 0.0439. The number of aryl methyl sites for hydroxylation is 1. The molecule has 102 valence electrons. The van der Waals surface area contributed by atoms with Crippen LogP contribution in [-0.4, -0.2) is 30.8 Å². The van der Waals surface area contributed by atoms with E-state index in [2.05, 4.69) is 22.9 Å². The molecule has 0 spiro atoms. The van der Waals surface area contributed by atoms with E-state index in [4.69, 9.17) is 10.00 Å². The minimum Gasteiger partial charge on any atom is -0.376 e. The highest BCUT2D eigenvalue weighted by Gasteiger charge is 2.21. The quantitative estimate of drug-likeness (QED) is 0.834. The maximum absolute atomic E-state index is 9.03. The SMILES string of the molecule is CCCOC1CCCN(c2cc(C#N)cc(C)n2)C1. The van der Waals surface area contributed by atoms with Crippen molar-refractivity contribution in [3.8, 4) is 6.07 Å². The van der Waals surface area contributed by atoms with Crippen molar-refractivity contribution in [3.05, 3.63) is 23.4 Å². The average molecular weight is 259 g/mol. The normalized spacial score (nSPS) is 19.2. The number of rotatable bonds is 4. The van der Waals surface area contributed by atoms with Gasteiger partial charge in [-0.3, -0.25) is 0 Å². The van der Waals surface area contributed by atoms with Crippen LogP contribution in [0.25, 0.3) is 0 Å². The first-order valence-electron chi connectivity index (χ1n) is 6.98. The first-order valence-corrected chi connectivity index (χ1v) is 6.98. The van der Waals surface area contributed by atoms with Crippen molar-refractivity contribution >= 4 is 5.82 Å². The van der Waals surface area contributed by atoms with E-state index >= 15 is 0 Å². The third-order valence-electron chi connectivity index (χ3n) is 3.33. The van der Waals surface area contributed by atoms with Crippen LogP contribution in [0.4, 0.5) is 5.82 Å². The van der Waals surface area contributed by atoms with Gasteiger partial charge < -0.3 is 9.64 Å². The van der Waals surface area contributed by atoms with Crippen LogP contribution >= 0.6 is 0 Å². The first kappa shape index (κ1) is 13.8. The highest BCUT2D eigenvalue weighted by Crippen LogP contribution is 2.21. The third-order valence-corrected chi connectivity index (χ3v) is 3.33. The fraction of sp³-hybridized carbons (Fsp3) is 0.600. The van der Waals surface area contributed by atoms with Crippen LogP contribution in [0.3, 0.4) is 0 Å². The average Bonchev–Trinajstić information content (AvgIpc) is 2.44. The topological polar surface area (TPSA) is 49.1 Å². The van der Waals surface area contributed by atoms with Crippen molar-refractivity contribution in [1.29, 1.82) is 5.26 Å². The maximum Gasteiger partial charge on any atom is 0.130 e. The lowest BCUT2D eigenvalue weighted by Gasteiger charge is -2.33. The van der Waals surface area contributed by atoms with E-state index in [0.29, 0.717) is 11.7 Å². The maximum atomic E-state index is 9.03. The smallest absolute Gasteiger partial charge is 0.130 e. The Labute approximate surface area is 115 Å². The van der Waals surface area contributed by atoms with Crippen molar-refractivity contribution in [2.45, 2.75) is 39.2 Å². The van der Waals surface area contributed by atoms with Crippen LogP contribution in [0.1, 0.15) is 37.4 Å².